The molecule has 0 aliphatic carbocycles. The smallest absolute Gasteiger partial charge is 0.150 e. The van der Waals surface area contributed by atoms with Crippen molar-refractivity contribution in [2.24, 2.45) is 16.8 Å². The molecule has 0 aromatic heterocycles. The highest BCUT2D eigenvalue weighted by atomic mass is 16.6. The van der Waals surface area contributed by atoms with Gasteiger partial charge in [0.25, 0.3) is 0 Å². The van der Waals surface area contributed by atoms with Gasteiger partial charge in [-0.15, -0.1) is 0 Å². The van der Waals surface area contributed by atoms with Crippen LogP contribution < -0.4 is 5.73 Å². The summed E-state index contributed by atoms with van der Waals surface area (Å²) in [6, 6.07) is 7.34. The molecular weight excluding hydrogens is 264 g/mol. The summed E-state index contributed by atoms with van der Waals surface area (Å²) >= 11 is 0. The van der Waals surface area contributed by atoms with Gasteiger partial charge in [0.1, 0.15) is 12.0 Å². The predicted molar refractivity (Wildman–Crippen MR) is 86.3 cm³/mol. The first-order chi connectivity index (χ1) is 10.1. The molecule has 4 nitrogen and oxygen atoms in total. The lowest BCUT2D eigenvalue weighted by Crippen LogP contribution is -2.13. The van der Waals surface area contributed by atoms with Crippen molar-refractivity contribution in [3.8, 4) is 0 Å². The Kier molecular flexibility index (Phi) is 7.40. The first-order valence-electron chi connectivity index (χ1n) is 7.30. The van der Waals surface area contributed by atoms with Crippen LogP contribution in [0.3, 0.4) is 0 Å². The van der Waals surface area contributed by atoms with Crippen LogP contribution in [0.4, 0.5) is 0 Å². The molecule has 0 radical (unpaired) electrons. The van der Waals surface area contributed by atoms with E-state index in [0.717, 1.165) is 30.4 Å². The zero-order valence-corrected chi connectivity index (χ0v) is 12.8. The van der Waals surface area contributed by atoms with Gasteiger partial charge in [-0.05, 0) is 24.9 Å². The van der Waals surface area contributed by atoms with Crippen molar-refractivity contribution in [2.75, 3.05) is 6.54 Å². The summed E-state index contributed by atoms with van der Waals surface area (Å²) in [4.78, 5) is 16.1. The highest BCUT2D eigenvalue weighted by Gasteiger charge is 2.12. The average molecular weight is 288 g/mol. The van der Waals surface area contributed by atoms with Crippen LogP contribution >= 0.6 is 0 Å². The maximum atomic E-state index is 10.7. The molecule has 0 heterocycles. The molecule has 114 valence electrons. The van der Waals surface area contributed by atoms with Crippen LogP contribution in [0.1, 0.15) is 49.0 Å². The van der Waals surface area contributed by atoms with E-state index in [4.69, 9.17) is 10.6 Å². The van der Waals surface area contributed by atoms with E-state index in [9.17, 15) is 4.79 Å². The normalized spacial score (nSPS) is 12.8. The Morgan fingerprint density at radius 3 is 2.62 bits per heavy atom. The van der Waals surface area contributed by atoms with Crippen LogP contribution in [0.25, 0.3) is 0 Å². The molecule has 0 aliphatic rings. The summed E-state index contributed by atoms with van der Waals surface area (Å²) in [6.45, 7) is 8.64. The minimum absolute atomic E-state index is 0.259. The van der Waals surface area contributed by atoms with Crippen molar-refractivity contribution < 1.29 is 9.63 Å². The maximum absolute atomic E-state index is 10.7. The van der Waals surface area contributed by atoms with E-state index in [0.29, 0.717) is 24.3 Å². The monoisotopic (exact) mass is 288 g/mol. The number of nitrogens with two attached hydrogens (primary N) is 1. The summed E-state index contributed by atoms with van der Waals surface area (Å²) < 4.78 is 0. The molecule has 4 heteroatoms. The van der Waals surface area contributed by atoms with E-state index in [-0.39, 0.29) is 5.92 Å². The summed E-state index contributed by atoms with van der Waals surface area (Å²) in [6.07, 6.45) is 3.32. The topological polar surface area (TPSA) is 64.7 Å². The van der Waals surface area contributed by atoms with Gasteiger partial charge < -0.3 is 10.6 Å². The van der Waals surface area contributed by atoms with Gasteiger partial charge in [0, 0.05) is 17.9 Å². The Hall–Kier alpha value is -1.94. The number of nitrogens with zero attached hydrogens (tertiary/aromatic N) is 1. The van der Waals surface area contributed by atoms with E-state index >= 15 is 0 Å². The van der Waals surface area contributed by atoms with Crippen LogP contribution in [0.5, 0.6) is 0 Å². The van der Waals surface area contributed by atoms with Crippen molar-refractivity contribution >= 4 is 12.0 Å². The van der Waals surface area contributed by atoms with Crippen LogP contribution in [0.15, 0.2) is 41.8 Å². The fraction of sp³-hybridized carbons (Fsp3) is 0.412. The average Bonchev–Trinajstić information content (AvgIpc) is 2.53. The lowest BCUT2D eigenvalue weighted by atomic mass is 9.96. The van der Waals surface area contributed by atoms with Gasteiger partial charge in [-0.2, -0.15) is 0 Å². The molecule has 1 aromatic carbocycles. The maximum Gasteiger partial charge on any atom is 0.150 e. The van der Waals surface area contributed by atoms with Crippen LogP contribution in [0, 0.1) is 5.92 Å². The highest BCUT2D eigenvalue weighted by Crippen LogP contribution is 2.16. The van der Waals surface area contributed by atoms with E-state index in [1.54, 1.807) is 12.1 Å². The largest absolute Gasteiger partial charge is 0.362 e. The van der Waals surface area contributed by atoms with Gasteiger partial charge in [0.05, 0.1) is 5.71 Å². The van der Waals surface area contributed by atoms with Gasteiger partial charge in [-0.25, -0.2) is 0 Å². The summed E-state index contributed by atoms with van der Waals surface area (Å²) in [7, 11) is 0. The van der Waals surface area contributed by atoms with Crippen molar-refractivity contribution in [3.05, 3.63) is 47.7 Å². The Labute approximate surface area is 126 Å². The van der Waals surface area contributed by atoms with Crippen molar-refractivity contribution in [1.82, 2.24) is 0 Å². The predicted octanol–water partition coefficient (Wildman–Crippen LogP) is 3.52. The molecule has 2 N–H and O–H groups in total. The van der Waals surface area contributed by atoms with E-state index < -0.39 is 0 Å². The first-order valence-corrected chi connectivity index (χ1v) is 7.30. The standard InChI is InChI=1S/C17H24N2O2/c1-4-13(2)17(19-21-14(3)6-5-11-18)16-9-7-15(12-20)8-10-16/h7-10,12-13H,3-6,11,18H2,1-2H3/b19-17+. The molecule has 1 rings (SSSR count). The second-order valence-corrected chi connectivity index (χ2v) is 5.05. The van der Waals surface area contributed by atoms with Crippen LogP contribution in [-0.4, -0.2) is 18.5 Å². The van der Waals surface area contributed by atoms with Gasteiger partial charge in [-0.1, -0.05) is 49.8 Å². The molecule has 0 saturated heterocycles. The molecule has 0 fully saturated rings. The van der Waals surface area contributed by atoms with Crippen molar-refractivity contribution in [1.29, 1.82) is 0 Å². The van der Waals surface area contributed by atoms with E-state index in [2.05, 4.69) is 25.6 Å². The number of oxime groups is 1. The lowest BCUT2D eigenvalue weighted by Gasteiger charge is -2.13. The second-order valence-electron chi connectivity index (χ2n) is 5.05. The van der Waals surface area contributed by atoms with Crippen molar-refractivity contribution in [2.45, 2.75) is 33.1 Å². The molecule has 0 aliphatic heterocycles. The molecule has 0 spiro atoms. The number of hydrogen-bond acceptors (Lipinski definition) is 4. The fourth-order valence-electron chi connectivity index (χ4n) is 1.81. The summed E-state index contributed by atoms with van der Waals surface area (Å²) in [5, 5.41) is 4.26. The molecule has 1 unspecified atom stereocenters. The molecular formula is C17H24N2O2. The van der Waals surface area contributed by atoms with Gasteiger partial charge in [-0.3, -0.25) is 4.79 Å². The SMILES string of the molecule is C=C(CCCN)O/N=C(/c1ccc(C=O)cc1)C(C)CC. The zero-order chi connectivity index (χ0) is 15.7. The zero-order valence-electron chi connectivity index (χ0n) is 12.8. The first kappa shape index (κ1) is 17.1. The van der Waals surface area contributed by atoms with Crippen molar-refractivity contribution in [3.63, 3.8) is 0 Å². The Morgan fingerprint density at radius 1 is 1.43 bits per heavy atom. The molecule has 1 aromatic rings. The quantitative estimate of drug-likeness (QED) is 0.327. The second kappa shape index (κ2) is 9.08. The fourth-order valence-corrected chi connectivity index (χ4v) is 1.81. The molecule has 0 bridgehead atoms. The number of carbonyl (C=O) groups is 1. The number of allylic oxidation sites excluding steroid dienone is 1. The van der Waals surface area contributed by atoms with Gasteiger partial charge in [0.2, 0.25) is 0 Å². The molecule has 0 amide bonds. The third-order valence-electron chi connectivity index (χ3n) is 3.35. The van der Waals surface area contributed by atoms with E-state index in [1.165, 1.54) is 0 Å². The minimum Gasteiger partial charge on any atom is -0.362 e. The van der Waals surface area contributed by atoms with E-state index in [1.807, 2.05) is 12.1 Å². The number of rotatable bonds is 9. The number of hydrogen-bond donors (Lipinski definition) is 1. The Morgan fingerprint density at radius 2 is 2.10 bits per heavy atom. The van der Waals surface area contributed by atoms with Crippen LogP contribution in [-0.2, 0) is 4.84 Å². The minimum atomic E-state index is 0.259. The Balaban J connectivity index is 2.88. The van der Waals surface area contributed by atoms with Gasteiger partial charge >= 0.3 is 0 Å². The van der Waals surface area contributed by atoms with Gasteiger partial charge in [0.15, 0.2) is 0 Å². The number of benzene rings is 1. The Bertz CT molecular complexity index is 492. The highest BCUT2D eigenvalue weighted by molar-refractivity contribution is 6.02. The third kappa shape index (κ3) is 5.52. The number of carbonyl (C=O) groups excluding carboxylic acids is 1. The lowest BCUT2D eigenvalue weighted by molar-refractivity contribution is 0.112. The molecule has 1 atom stereocenters. The molecule has 0 saturated carbocycles. The number of aldehydes is 1. The third-order valence-corrected chi connectivity index (χ3v) is 3.35. The summed E-state index contributed by atoms with van der Waals surface area (Å²) in [5.41, 5.74) is 7.93. The molecule has 21 heavy (non-hydrogen) atoms. The van der Waals surface area contributed by atoms with Crippen LogP contribution in [0.2, 0.25) is 0 Å². The summed E-state index contributed by atoms with van der Waals surface area (Å²) in [5.74, 6) is 0.875.